The second-order valence-electron chi connectivity index (χ2n) is 6.11. The molecule has 0 aromatic carbocycles. The van der Waals surface area contributed by atoms with Gasteiger partial charge in [-0.15, -0.1) is 0 Å². The minimum atomic E-state index is -0.172. The van der Waals surface area contributed by atoms with Gasteiger partial charge < -0.3 is 9.42 Å². The zero-order chi connectivity index (χ0) is 14.9. The number of nitrogens with zero attached hydrogens (tertiary/aromatic N) is 4. The lowest BCUT2D eigenvalue weighted by molar-refractivity contribution is -0.144. The molecule has 3 rings (SSSR count). The number of rotatable bonds is 4. The Hall–Kier alpha value is -1.08. The van der Waals surface area contributed by atoms with Crippen LogP contribution in [0.25, 0.3) is 0 Å². The van der Waals surface area contributed by atoms with Crippen LogP contribution in [0.3, 0.4) is 0 Å². The van der Waals surface area contributed by atoms with Crippen LogP contribution in [0.4, 0.5) is 0 Å². The molecule has 0 unspecified atom stereocenters. The fourth-order valence-corrected chi connectivity index (χ4v) is 3.85. The number of carbonyl (C=O) groups excluding carboxylic acids is 1. The molecule has 116 valence electrons. The van der Waals surface area contributed by atoms with Crippen molar-refractivity contribution in [1.29, 1.82) is 0 Å². The highest BCUT2D eigenvalue weighted by atomic mass is 32.2. The molecule has 0 radical (unpaired) electrons. The Morgan fingerprint density at radius 1 is 1.38 bits per heavy atom. The molecule has 0 bridgehead atoms. The van der Waals surface area contributed by atoms with E-state index in [-0.39, 0.29) is 5.41 Å². The smallest absolute Gasteiger partial charge is 0.240 e. The summed E-state index contributed by atoms with van der Waals surface area (Å²) in [5.74, 6) is 2.49. The third-order valence-electron chi connectivity index (χ3n) is 4.52. The van der Waals surface area contributed by atoms with Crippen molar-refractivity contribution in [2.75, 3.05) is 32.9 Å². The van der Waals surface area contributed by atoms with Crippen LogP contribution < -0.4 is 0 Å². The van der Waals surface area contributed by atoms with Crippen LogP contribution in [-0.4, -0.2) is 58.8 Å². The van der Waals surface area contributed by atoms with Crippen molar-refractivity contribution in [3.05, 3.63) is 11.7 Å². The van der Waals surface area contributed by atoms with E-state index in [0.717, 1.165) is 50.5 Å². The normalized spacial score (nSPS) is 27.0. The third-order valence-corrected chi connectivity index (χ3v) is 5.07. The molecule has 0 saturated carbocycles. The van der Waals surface area contributed by atoms with E-state index < -0.39 is 0 Å². The van der Waals surface area contributed by atoms with Gasteiger partial charge in [0.25, 0.3) is 0 Å². The highest BCUT2D eigenvalue weighted by molar-refractivity contribution is 7.97. The van der Waals surface area contributed by atoms with E-state index in [1.54, 1.807) is 11.8 Å². The summed E-state index contributed by atoms with van der Waals surface area (Å²) in [5.41, 5.74) is -0.172. The minimum absolute atomic E-state index is 0.172. The Balaban J connectivity index is 1.62. The number of aromatic nitrogens is 2. The third kappa shape index (κ3) is 2.94. The summed E-state index contributed by atoms with van der Waals surface area (Å²) in [7, 11) is 1.92. The Labute approximate surface area is 129 Å². The Bertz CT molecular complexity index is 521. The van der Waals surface area contributed by atoms with Crippen molar-refractivity contribution in [2.24, 2.45) is 5.41 Å². The van der Waals surface area contributed by atoms with Crippen molar-refractivity contribution < 1.29 is 9.32 Å². The van der Waals surface area contributed by atoms with Crippen LogP contribution in [-0.2, 0) is 17.1 Å². The lowest BCUT2D eigenvalue weighted by Gasteiger charge is -2.37. The standard InChI is InChI=1S/C14H22N4O2S/c1-17-6-3-4-14(13(17)19)5-7-18(10-14)8-12-15-11(9-21-2)16-20-12/h3-10H2,1-2H3/t14-/m0/s1. The van der Waals surface area contributed by atoms with Gasteiger partial charge in [-0.05, 0) is 32.1 Å². The summed E-state index contributed by atoms with van der Waals surface area (Å²) in [6.45, 7) is 3.29. The van der Waals surface area contributed by atoms with Gasteiger partial charge in [0.1, 0.15) is 0 Å². The van der Waals surface area contributed by atoms with Crippen molar-refractivity contribution in [3.8, 4) is 0 Å². The lowest BCUT2D eigenvalue weighted by Crippen LogP contribution is -2.48. The number of hydrogen-bond donors (Lipinski definition) is 0. The molecule has 2 aliphatic rings. The molecule has 1 aromatic heterocycles. The van der Waals surface area contributed by atoms with E-state index in [2.05, 4.69) is 15.0 Å². The zero-order valence-corrected chi connectivity index (χ0v) is 13.5. The van der Waals surface area contributed by atoms with Gasteiger partial charge >= 0.3 is 0 Å². The number of likely N-dealkylation sites (tertiary alicyclic amines) is 2. The topological polar surface area (TPSA) is 62.5 Å². The predicted molar refractivity (Wildman–Crippen MR) is 80.7 cm³/mol. The number of thioether (sulfide) groups is 1. The molecule has 6 nitrogen and oxygen atoms in total. The molecular formula is C14H22N4O2S. The van der Waals surface area contributed by atoms with E-state index >= 15 is 0 Å². The first-order valence-corrected chi connectivity index (χ1v) is 8.81. The van der Waals surface area contributed by atoms with Gasteiger partial charge in [-0.25, -0.2) is 0 Å². The maximum absolute atomic E-state index is 12.5. The molecule has 0 N–H and O–H groups in total. The van der Waals surface area contributed by atoms with Crippen molar-refractivity contribution in [1.82, 2.24) is 19.9 Å². The van der Waals surface area contributed by atoms with Crippen molar-refractivity contribution in [3.63, 3.8) is 0 Å². The van der Waals surface area contributed by atoms with Crippen LogP contribution >= 0.6 is 11.8 Å². The van der Waals surface area contributed by atoms with Crippen LogP contribution in [0.1, 0.15) is 31.0 Å². The zero-order valence-electron chi connectivity index (χ0n) is 12.7. The van der Waals surface area contributed by atoms with Gasteiger partial charge in [0.2, 0.25) is 11.8 Å². The molecule has 0 aliphatic carbocycles. The van der Waals surface area contributed by atoms with Gasteiger partial charge in [0.15, 0.2) is 5.82 Å². The molecule has 2 saturated heterocycles. The average Bonchev–Trinajstić information content (AvgIpc) is 3.06. The van der Waals surface area contributed by atoms with Crippen LogP contribution in [0.5, 0.6) is 0 Å². The predicted octanol–water partition coefficient (Wildman–Crippen LogP) is 1.38. The number of piperidine rings is 1. The molecule has 7 heteroatoms. The molecule has 2 aliphatic heterocycles. The molecule has 3 heterocycles. The number of hydrogen-bond acceptors (Lipinski definition) is 6. The van der Waals surface area contributed by atoms with E-state index in [9.17, 15) is 4.79 Å². The van der Waals surface area contributed by atoms with Gasteiger partial charge in [-0.3, -0.25) is 9.69 Å². The Morgan fingerprint density at radius 2 is 2.24 bits per heavy atom. The van der Waals surface area contributed by atoms with Crippen LogP contribution in [0.2, 0.25) is 0 Å². The summed E-state index contributed by atoms with van der Waals surface area (Å²) in [6, 6.07) is 0. The minimum Gasteiger partial charge on any atom is -0.345 e. The molecule has 2 fully saturated rings. The summed E-state index contributed by atoms with van der Waals surface area (Å²) >= 11 is 1.68. The van der Waals surface area contributed by atoms with Gasteiger partial charge in [-0.1, -0.05) is 5.16 Å². The van der Waals surface area contributed by atoms with Gasteiger partial charge in [0.05, 0.1) is 17.7 Å². The summed E-state index contributed by atoms with van der Waals surface area (Å²) < 4.78 is 5.29. The summed E-state index contributed by atoms with van der Waals surface area (Å²) in [5, 5.41) is 3.97. The van der Waals surface area contributed by atoms with Crippen molar-refractivity contribution >= 4 is 17.7 Å². The fraction of sp³-hybridized carbons (Fsp3) is 0.786. The van der Waals surface area contributed by atoms with Crippen LogP contribution in [0.15, 0.2) is 4.52 Å². The van der Waals surface area contributed by atoms with E-state index in [4.69, 9.17) is 4.52 Å². The largest absolute Gasteiger partial charge is 0.345 e. The maximum Gasteiger partial charge on any atom is 0.240 e. The fourth-order valence-electron chi connectivity index (χ4n) is 3.47. The summed E-state index contributed by atoms with van der Waals surface area (Å²) in [4.78, 5) is 21.0. The first kappa shape index (κ1) is 14.8. The highest BCUT2D eigenvalue weighted by Crippen LogP contribution is 2.39. The van der Waals surface area contributed by atoms with E-state index in [1.165, 1.54) is 0 Å². The SMILES string of the molecule is CSCc1noc(CN2CC[C@@]3(CCCN(C)C3=O)C2)n1. The molecule has 21 heavy (non-hydrogen) atoms. The average molecular weight is 310 g/mol. The number of amides is 1. The summed E-state index contributed by atoms with van der Waals surface area (Å²) in [6.07, 6.45) is 5.08. The Kier molecular flexibility index (Phi) is 4.21. The first-order chi connectivity index (χ1) is 10.1. The number of carbonyl (C=O) groups is 1. The molecular weight excluding hydrogens is 288 g/mol. The van der Waals surface area contributed by atoms with Gasteiger partial charge in [-0.2, -0.15) is 16.7 Å². The van der Waals surface area contributed by atoms with Crippen LogP contribution in [0, 0.1) is 5.41 Å². The highest BCUT2D eigenvalue weighted by Gasteiger charge is 2.47. The second kappa shape index (κ2) is 5.96. The van der Waals surface area contributed by atoms with Crippen molar-refractivity contribution in [2.45, 2.75) is 31.6 Å². The quantitative estimate of drug-likeness (QED) is 0.837. The molecule has 1 spiro atoms. The Morgan fingerprint density at radius 3 is 3.05 bits per heavy atom. The molecule has 1 amide bonds. The monoisotopic (exact) mass is 310 g/mol. The lowest BCUT2D eigenvalue weighted by atomic mass is 9.78. The molecule has 1 atom stereocenters. The van der Waals surface area contributed by atoms with E-state index in [0.29, 0.717) is 18.3 Å². The first-order valence-electron chi connectivity index (χ1n) is 7.41. The molecule has 1 aromatic rings. The van der Waals surface area contributed by atoms with E-state index in [1.807, 2.05) is 18.2 Å². The van der Waals surface area contributed by atoms with Gasteiger partial charge in [0, 0.05) is 20.1 Å². The second-order valence-corrected chi connectivity index (χ2v) is 6.97. The maximum atomic E-state index is 12.5.